The number of rotatable bonds is 4. The van der Waals surface area contributed by atoms with Crippen LogP contribution in [0.3, 0.4) is 0 Å². The van der Waals surface area contributed by atoms with Crippen LogP contribution >= 0.6 is 0 Å². The molecular formula is C13H19NO5S. The van der Waals surface area contributed by atoms with Gasteiger partial charge < -0.3 is 9.52 Å². The van der Waals surface area contributed by atoms with Crippen molar-refractivity contribution in [2.75, 3.05) is 0 Å². The molecule has 1 aliphatic rings. The average molecular weight is 301 g/mol. The third-order valence-corrected chi connectivity index (χ3v) is 5.26. The number of carbonyl (C=O) groups is 1. The van der Waals surface area contributed by atoms with E-state index in [9.17, 15) is 13.2 Å². The second kappa shape index (κ2) is 5.57. The van der Waals surface area contributed by atoms with Crippen LogP contribution in [0.4, 0.5) is 0 Å². The Kier molecular flexibility index (Phi) is 4.19. The minimum absolute atomic E-state index is 0.0897. The van der Waals surface area contributed by atoms with Crippen molar-refractivity contribution in [3.63, 3.8) is 0 Å². The van der Waals surface area contributed by atoms with Crippen molar-refractivity contribution in [2.24, 2.45) is 5.92 Å². The van der Waals surface area contributed by atoms with Gasteiger partial charge in [0.25, 0.3) is 0 Å². The zero-order valence-electron chi connectivity index (χ0n) is 11.5. The fraction of sp³-hybridized carbons (Fsp3) is 0.615. The maximum Gasteiger partial charge on any atom is 0.371 e. The summed E-state index contributed by atoms with van der Waals surface area (Å²) in [5.41, 5.74) is 0. The zero-order valence-corrected chi connectivity index (χ0v) is 12.4. The van der Waals surface area contributed by atoms with Gasteiger partial charge in [-0.15, -0.1) is 0 Å². The van der Waals surface area contributed by atoms with Crippen LogP contribution in [0.5, 0.6) is 0 Å². The van der Waals surface area contributed by atoms with Gasteiger partial charge >= 0.3 is 5.97 Å². The number of furan rings is 1. The van der Waals surface area contributed by atoms with Crippen LogP contribution in [0.15, 0.2) is 15.4 Å². The van der Waals surface area contributed by atoms with E-state index < -0.39 is 16.0 Å². The predicted octanol–water partition coefficient (Wildman–Crippen LogP) is 2.14. The standard InChI is InChI=1S/C13H19NO5S/c1-8-4-3-5-10(6-8)14-20(17,18)12-7-11(13(15)16)19-9(12)2/h7-8,10,14H,3-6H2,1-2H3,(H,15,16). The first-order valence-electron chi connectivity index (χ1n) is 6.65. The Bertz CT molecular complexity index is 604. The molecule has 0 saturated heterocycles. The van der Waals surface area contributed by atoms with Crippen LogP contribution in [-0.4, -0.2) is 25.5 Å². The van der Waals surface area contributed by atoms with E-state index in [0.29, 0.717) is 5.92 Å². The summed E-state index contributed by atoms with van der Waals surface area (Å²) < 4.78 is 32.2. The molecule has 1 heterocycles. The Morgan fingerprint density at radius 1 is 1.45 bits per heavy atom. The third kappa shape index (κ3) is 3.21. The van der Waals surface area contributed by atoms with E-state index in [1.807, 2.05) is 0 Å². The topological polar surface area (TPSA) is 96.6 Å². The number of sulfonamides is 1. The minimum Gasteiger partial charge on any atom is -0.475 e. The van der Waals surface area contributed by atoms with Gasteiger partial charge in [0, 0.05) is 12.1 Å². The lowest BCUT2D eigenvalue weighted by molar-refractivity contribution is 0.0661. The second-order valence-corrected chi connectivity index (χ2v) is 7.11. The van der Waals surface area contributed by atoms with Gasteiger partial charge in [-0.05, 0) is 25.7 Å². The molecule has 2 atom stereocenters. The van der Waals surface area contributed by atoms with Crippen molar-refractivity contribution in [1.29, 1.82) is 0 Å². The van der Waals surface area contributed by atoms with Crippen LogP contribution in [0.2, 0.25) is 0 Å². The van der Waals surface area contributed by atoms with Crippen molar-refractivity contribution in [1.82, 2.24) is 4.72 Å². The summed E-state index contributed by atoms with van der Waals surface area (Å²) >= 11 is 0. The highest BCUT2D eigenvalue weighted by Gasteiger charge is 2.28. The van der Waals surface area contributed by atoms with Crippen LogP contribution in [0.25, 0.3) is 0 Å². The maximum atomic E-state index is 12.3. The molecule has 0 aromatic carbocycles. The summed E-state index contributed by atoms with van der Waals surface area (Å²) in [5.74, 6) is -1.05. The smallest absolute Gasteiger partial charge is 0.371 e. The Hall–Kier alpha value is -1.34. The van der Waals surface area contributed by atoms with E-state index in [1.165, 1.54) is 6.92 Å². The predicted molar refractivity (Wildman–Crippen MR) is 72.1 cm³/mol. The molecule has 0 aliphatic heterocycles. The molecule has 2 rings (SSSR count). The Morgan fingerprint density at radius 3 is 2.70 bits per heavy atom. The van der Waals surface area contributed by atoms with Gasteiger partial charge in [-0.3, -0.25) is 0 Å². The summed E-state index contributed by atoms with van der Waals surface area (Å²) in [6, 6.07) is 0.970. The summed E-state index contributed by atoms with van der Waals surface area (Å²) in [6.45, 7) is 3.55. The minimum atomic E-state index is -3.73. The van der Waals surface area contributed by atoms with E-state index in [1.54, 1.807) is 0 Å². The first kappa shape index (κ1) is 15.1. The van der Waals surface area contributed by atoms with Crippen molar-refractivity contribution in [2.45, 2.75) is 50.5 Å². The van der Waals surface area contributed by atoms with Crippen molar-refractivity contribution in [3.05, 3.63) is 17.6 Å². The molecule has 1 aromatic heterocycles. The zero-order chi connectivity index (χ0) is 14.9. The molecule has 1 saturated carbocycles. The normalized spacial score (nSPS) is 23.7. The molecule has 0 amide bonds. The number of carboxylic acid groups (broad SMARTS) is 1. The fourth-order valence-corrected chi connectivity index (χ4v) is 4.12. The van der Waals surface area contributed by atoms with E-state index in [0.717, 1.165) is 31.7 Å². The molecule has 1 fully saturated rings. The molecule has 1 aromatic rings. The summed E-state index contributed by atoms with van der Waals surface area (Å²) in [6.07, 6.45) is 3.74. The number of hydrogen-bond acceptors (Lipinski definition) is 4. The molecule has 112 valence electrons. The van der Waals surface area contributed by atoms with Crippen LogP contribution in [0.1, 0.15) is 48.9 Å². The maximum absolute atomic E-state index is 12.3. The number of hydrogen-bond donors (Lipinski definition) is 2. The van der Waals surface area contributed by atoms with Gasteiger partial charge in [-0.25, -0.2) is 17.9 Å². The monoisotopic (exact) mass is 301 g/mol. The fourth-order valence-electron chi connectivity index (χ4n) is 2.66. The molecule has 0 radical (unpaired) electrons. The Morgan fingerprint density at radius 2 is 2.15 bits per heavy atom. The first-order valence-corrected chi connectivity index (χ1v) is 8.14. The summed E-state index contributed by atoms with van der Waals surface area (Å²) in [4.78, 5) is 10.7. The van der Waals surface area contributed by atoms with E-state index in [2.05, 4.69) is 11.6 Å². The van der Waals surface area contributed by atoms with Gasteiger partial charge in [0.1, 0.15) is 10.7 Å². The van der Waals surface area contributed by atoms with Gasteiger partial charge in [-0.1, -0.05) is 19.8 Å². The largest absolute Gasteiger partial charge is 0.475 e. The van der Waals surface area contributed by atoms with Crippen molar-refractivity contribution in [3.8, 4) is 0 Å². The Labute approximate surface area is 118 Å². The molecule has 6 nitrogen and oxygen atoms in total. The molecule has 0 spiro atoms. The van der Waals surface area contributed by atoms with Crippen molar-refractivity contribution >= 4 is 16.0 Å². The lowest BCUT2D eigenvalue weighted by Crippen LogP contribution is -2.38. The summed E-state index contributed by atoms with van der Waals surface area (Å²) in [5, 5.41) is 8.84. The summed E-state index contributed by atoms with van der Waals surface area (Å²) in [7, 11) is -3.73. The second-order valence-electron chi connectivity index (χ2n) is 5.43. The number of nitrogens with one attached hydrogen (secondary N) is 1. The van der Waals surface area contributed by atoms with E-state index >= 15 is 0 Å². The third-order valence-electron chi connectivity index (χ3n) is 3.63. The molecule has 2 unspecified atom stereocenters. The molecule has 1 aliphatic carbocycles. The molecule has 7 heteroatoms. The lowest BCUT2D eigenvalue weighted by atomic mass is 9.88. The highest BCUT2D eigenvalue weighted by molar-refractivity contribution is 7.89. The van der Waals surface area contributed by atoms with Gasteiger partial charge in [0.15, 0.2) is 0 Å². The number of carboxylic acids is 1. The number of aryl methyl sites for hydroxylation is 1. The highest BCUT2D eigenvalue weighted by atomic mass is 32.2. The van der Waals surface area contributed by atoms with E-state index in [-0.39, 0.29) is 22.5 Å². The quantitative estimate of drug-likeness (QED) is 0.888. The van der Waals surface area contributed by atoms with E-state index in [4.69, 9.17) is 9.52 Å². The molecular weight excluding hydrogens is 282 g/mol. The average Bonchev–Trinajstić information content (AvgIpc) is 2.71. The first-order chi connectivity index (χ1) is 9.29. The van der Waals surface area contributed by atoms with Gasteiger partial charge in [-0.2, -0.15) is 0 Å². The van der Waals surface area contributed by atoms with Gasteiger partial charge in [0.05, 0.1) is 0 Å². The SMILES string of the molecule is Cc1oc(C(=O)O)cc1S(=O)(=O)NC1CCCC(C)C1. The van der Waals surface area contributed by atoms with Crippen molar-refractivity contribution < 1.29 is 22.7 Å². The van der Waals surface area contributed by atoms with Crippen LogP contribution < -0.4 is 4.72 Å². The molecule has 20 heavy (non-hydrogen) atoms. The lowest BCUT2D eigenvalue weighted by Gasteiger charge is -2.27. The highest BCUT2D eigenvalue weighted by Crippen LogP contribution is 2.26. The number of aromatic carboxylic acids is 1. The Balaban J connectivity index is 2.19. The van der Waals surface area contributed by atoms with Crippen LogP contribution in [-0.2, 0) is 10.0 Å². The van der Waals surface area contributed by atoms with Gasteiger partial charge in [0.2, 0.25) is 15.8 Å². The van der Waals surface area contributed by atoms with Crippen LogP contribution in [0, 0.1) is 12.8 Å². The molecule has 2 N–H and O–H groups in total. The molecule has 0 bridgehead atoms.